The summed E-state index contributed by atoms with van der Waals surface area (Å²) in [6.07, 6.45) is -0.443. The van der Waals surface area contributed by atoms with E-state index >= 15 is 0 Å². The zero-order valence-electron chi connectivity index (χ0n) is 11.0. The lowest BCUT2D eigenvalue weighted by atomic mass is 10.1. The van der Waals surface area contributed by atoms with E-state index in [1.165, 1.54) is 0 Å². The average Bonchev–Trinajstić information content (AvgIpc) is 2.77. The fourth-order valence-corrected chi connectivity index (χ4v) is 1.96. The number of halogens is 3. The van der Waals surface area contributed by atoms with Crippen molar-refractivity contribution in [2.45, 2.75) is 24.9 Å². The highest BCUT2D eigenvalue weighted by molar-refractivity contribution is 5.85. The third-order valence-electron chi connectivity index (χ3n) is 3.05. The number of carbonyl (C=O) groups excluding carboxylic acids is 1. The highest BCUT2D eigenvalue weighted by Gasteiger charge is 2.42. The number of amides is 1. The summed E-state index contributed by atoms with van der Waals surface area (Å²) < 4.78 is 30.9. The summed E-state index contributed by atoms with van der Waals surface area (Å²) in [5.74, 6) is -2.46. The number of hydrogen-bond donors (Lipinski definition) is 2. The largest absolute Gasteiger partial charge is 0.497 e. The number of rotatable bonds is 4. The molecule has 1 aromatic carbocycles. The Kier molecular flexibility index (Phi) is 5.71. The van der Waals surface area contributed by atoms with Crippen molar-refractivity contribution in [1.82, 2.24) is 10.6 Å². The van der Waals surface area contributed by atoms with E-state index in [-0.39, 0.29) is 12.4 Å². The monoisotopic (exact) mass is 306 g/mol. The van der Waals surface area contributed by atoms with E-state index in [1.807, 2.05) is 12.1 Å². The van der Waals surface area contributed by atoms with Crippen molar-refractivity contribution in [3.05, 3.63) is 29.8 Å². The molecular formula is C13H17ClF2N2O2. The van der Waals surface area contributed by atoms with Crippen LogP contribution in [0.2, 0.25) is 0 Å². The normalized spacial score (nSPS) is 20.1. The standard InChI is InChI=1S/C13H16F2N2O2.ClH/c1-19-10-4-2-9(3-5-10)7-16-12(18)11-6-13(14,15)8-17-11;/h2-5,11,17H,6-8H2,1H3,(H,16,18);1H. The van der Waals surface area contributed by atoms with Gasteiger partial charge in [0.05, 0.1) is 19.7 Å². The van der Waals surface area contributed by atoms with Gasteiger partial charge in [-0.05, 0) is 17.7 Å². The third-order valence-corrected chi connectivity index (χ3v) is 3.05. The molecule has 112 valence electrons. The lowest BCUT2D eigenvalue weighted by Gasteiger charge is -2.11. The van der Waals surface area contributed by atoms with Crippen LogP contribution in [0.1, 0.15) is 12.0 Å². The Hall–Kier alpha value is -1.40. The molecule has 2 rings (SSSR count). The predicted octanol–water partition coefficient (Wildman–Crippen LogP) is 1.73. The van der Waals surface area contributed by atoms with Gasteiger partial charge in [0.15, 0.2) is 0 Å². The second-order valence-corrected chi connectivity index (χ2v) is 4.56. The van der Waals surface area contributed by atoms with Crippen LogP contribution in [0, 0.1) is 0 Å². The summed E-state index contributed by atoms with van der Waals surface area (Å²) in [6, 6.07) is 6.38. The maximum atomic E-state index is 12.9. The second kappa shape index (κ2) is 6.85. The molecule has 1 atom stereocenters. The van der Waals surface area contributed by atoms with Crippen LogP contribution in [0.5, 0.6) is 5.75 Å². The van der Waals surface area contributed by atoms with Gasteiger partial charge in [0, 0.05) is 13.0 Å². The van der Waals surface area contributed by atoms with Crippen molar-refractivity contribution in [2.75, 3.05) is 13.7 Å². The molecule has 0 aliphatic carbocycles. The number of ether oxygens (including phenoxy) is 1. The van der Waals surface area contributed by atoms with Gasteiger partial charge in [0.25, 0.3) is 5.92 Å². The number of alkyl halides is 2. The van der Waals surface area contributed by atoms with Crippen LogP contribution in [0.25, 0.3) is 0 Å². The molecule has 1 saturated heterocycles. The predicted molar refractivity (Wildman–Crippen MR) is 73.4 cm³/mol. The maximum Gasteiger partial charge on any atom is 0.262 e. The average molecular weight is 307 g/mol. The van der Waals surface area contributed by atoms with Crippen LogP contribution in [0.15, 0.2) is 24.3 Å². The van der Waals surface area contributed by atoms with Gasteiger partial charge in [0.1, 0.15) is 5.75 Å². The molecule has 0 spiro atoms. The van der Waals surface area contributed by atoms with Gasteiger partial charge >= 0.3 is 0 Å². The summed E-state index contributed by atoms with van der Waals surface area (Å²) in [7, 11) is 1.57. The molecular weight excluding hydrogens is 290 g/mol. The second-order valence-electron chi connectivity index (χ2n) is 4.56. The number of hydrogen-bond acceptors (Lipinski definition) is 3. The molecule has 1 unspecified atom stereocenters. The van der Waals surface area contributed by atoms with Crippen LogP contribution < -0.4 is 15.4 Å². The van der Waals surface area contributed by atoms with Crippen LogP contribution in [-0.4, -0.2) is 31.5 Å². The van der Waals surface area contributed by atoms with E-state index in [0.717, 1.165) is 11.3 Å². The fraction of sp³-hybridized carbons (Fsp3) is 0.462. The molecule has 0 bridgehead atoms. The molecule has 7 heteroatoms. The minimum Gasteiger partial charge on any atom is -0.497 e. The lowest BCUT2D eigenvalue weighted by molar-refractivity contribution is -0.123. The van der Waals surface area contributed by atoms with Crippen LogP contribution in [0.4, 0.5) is 8.78 Å². The molecule has 1 heterocycles. The van der Waals surface area contributed by atoms with Crippen molar-refractivity contribution in [1.29, 1.82) is 0 Å². The molecule has 1 aliphatic rings. The zero-order chi connectivity index (χ0) is 13.9. The Balaban J connectivity index is 0.00000200. The van der Waals surface area contributed by atoms with Crippen LogP contribution >= 0.6 is 12.4 Å². The molecule has 4 nitrogen and oxygen atoms in total. The number of nitrogens with one attached hydrogen (secondary N) is 2. The van der Waals surface area contributed by atoms with Crippen molar-refractivity contribution < 1.29 is 18.3 Å². The Morgan fingerprint density at radius 3 is 2.60 bits per heavy atom. The first-order valence-electron chi connectivity index (χ1n) is 6.02. The Morgan fingerprint density at radius 2 is 2.10 bits per heavy atom. The van der Waals surface area contributed by atoms with Gasteiger partial charge in [-0.2, -0.15) is 0 Å². The molecule has 1 aromatic rings. The summed E-state index contributed by atoms with van der Waals surface area (Å²) in [5, 5.41) is 5.16. The van der Waals surface area contributed by atoms with E-state index in [0.29, 0.717) is 6.54 Å². The molecule has 0 aromatic heterocycles. The van der Waals surface area contributed by atoms with Crippen molar-refractivity contribution in [3.8, 4) is 5.75 Å². The van der Waals surface area contributed by atoms with Gasteiger partial charge in [-0.15, -0.1) is 12.4 Å². The van der Waals surface area contributed by atoms with Gasteiger partial charge in [-0.3, -0.25) is 10.1 Å². The SMILES string of the molecule is COc1ccc(CNC(=O)C2CC(F)(F)CN2)cc1.Cl. The number of benzene rings is 1. The number of methoxy groups -OCH3 is 1. The van der Waals surface area contributed by atoms with Gasteiger partial charge in [-0.1, -0.05) is 12.1 Å². The number of carbonyl (C=O) groups is 1. The van der Waals surface area contributed by atoms with Gasteiger partial charge < -0.3 is 10.1 Å². The Morgan fingerprint density at radius 1 is 1.45 bits per heavy atom. The summed E-state index contributed by atoms with van der Waals surface area (Å²) in [6.45, 7) is -0.125. The minimum atomic E-state index is -2.79. The van der Waals surface area contributed by atoms with Crippen molar-refractivity contribution in [2.24, 2.45) is 0 Å². The van der Waals surface area contributed by atoms with E-state index in [1.54, 1.807) is 19.2 Å². The van der Waals surface area contributed by atoms with Gasteiger partial charge in [0.2, 0.25) is 5.91 Å². The maximum absolute atomic E-state index is 12.9. The van der Waals surface area contributed by atoms with E-state index < -0.39 is 30.8 Å². The Bertz CT molecular complexity index is 454. The van der Waals surface area contributed by atoms with Crippen molar-refractivity contribution >= 4 is 18.3 Å². The highest BCUT2D eigenvalue weighted by atomic mass is 35.5. The smallest absolute Gasteiger partial charge is 0.262 e. The summed E-state index contributed by atoms with van der Waals surface area (Å²) in [5.41, 5.74) is 0.888. The van der Waals surface area contributed by atoms with Crippen LogP contribution in [0.3, 0.4) is 0 Å². The topological polar surface area (TPSA) is 50.4 Å². The molecule has 20 heavy (non-hydrogen) atoms. The first-order valence-corrected chi connectivity index (χ1v) is 6.02. The molecule has 0 radical (unpaired) electrons. The molecule has 0 saturated carbocycles. The summed E-state index contributed by atoms with van der Waals surface area (Å²) >= 11 is 0. The van der Waals surface area contributed by atoms with E-state index in [2.05, 4.69) is 10.6 Å². The molecule has 1 fully saturated rings. The van der Waals surface area contributed by atoms with Gasteiger partial charge in [-0.25, -0.2) is 8.78 Å². The van der Waals surface area contributed by atoms with E-state index in [9.17, 15) is 13.6 Å². The highest BCUT2D eigenvalue weighted by Crippen LogP contribution is 2.25. The van der Waals surface area contributed by atoms with E-state index in [4.69, 9.17) is 4.74 Å². The molecule has 1 amide bonds. The Labute approximate surface area is 122 Å². The fourth-order valence-electron chi connectivity index (χ4n) is 1.96. The molecule has 2 N–H and O–H groups in total. The first-order chi connectivity index (χ1) is 9.00. The molecule has 1 aliphatic heterocycles. The zero-order valence-corrected chi connectivity index (χ0v) is 11.8. The quantitative estimate of drug-likeness (QED) is 0.891. The first kappa shape index (κ1) is 16.7. The minimum absolute atomic E-state index is 0. The summed E-state index contributed by atoms with van der Waals surface area (Å²) in [4.78, 5) is 11.7. The van der Waals surface area contributed by atoms with Crippen molar-refractivity contribution in [3.63, 3.8) is 0 Å². The lowest BCUT2D eigenvalue weighted by Crippen LogP contribution is -2.39. The van der Waals surface area contributed by atoms with Crippen LogP contribution in [-0.2, 0) is 11.3 Å². The third kappa shape index (κ3) is 4.31.